The molecule has 0 amide bonds. The Morgan fingerprint density at radius 1 is 0.885 bits per heavy atom. The van der Waals surface area contributed by atoms with E-state index in [0.717, 1.165) is 38.5 Å². The highest BCUT2D eigenvalue weighted by Crippen LogP contribution is 2.18. The smallest absolute Gasteiger partial charge is 0.321 e. The number of aliphatic carboxylic acids is 1. The van der Waals surface area contributed by atoms with E-state index in [9.17, 15) is 14.7 Å². The van der Waals surface area contributed by atoms with E-state index in [1.807, 2.05) is 0 Å². The molecule has 0 fully saturated rings. The van der Waals surface area contributed by atoms with Crippen molar-refractivity contribution < 1.29 is 24.5 Å². The fourth-order valence-corrected chi connectivity index (χ4v) is 3.06. The molecule has 0 saturated heterocycles. The number of carboxylic acids is 1. The highest BCUT2D eigenvalue weighted by molar-refractivity contribution is 6.26. The minimum Gasteiger partial charge on any atom is -0.481 e. The van der Waals surface area contributed by atoms with Crippen LogP contribution in [-0.2, 0) is 14.3 Å². The Bertz CT molecular complexity index is 362. The summed E-state index contributed by atoms with van der Waals surface area (Å²) in [5.41, 5.74) is 0. The zero-order chi connectivity index (χ0) is 19.6. The Hall–Kier alpha value is -0.810. The molecule has 2 unspecified atom stereocenters. The summed E-state index contributed by atoms with van der Waals surface area (Å²) in [6, 6.07) is 0. The van der Waals surface area contributed by atoms with Gasteiger partial charge in [-0.1, -0.05) is 64.7 Å². The molecule has 2 N–H and O–H groups in total. The molecule has 0 aromatic rings. The number of aliphatic hydroxyl groups excluding tert-OH is 1. The minimum atomic E-state index is -0.751. The Balaban J connectivity index is 4.00. The maximum Gasteiger partial charge on any atom is 0.321 e. The first-order valence-electron chi connectivity index (χ1n) is 10.2. The fourth-order valence-electron chi connectivity index (χ4n) is 3.00. The molecular formula is C20H37ClO5. The summed E-state index contributed by atoms with van der Waals surface area (Å²) in [6.45, 7) is 2.18. The lowest BCUT2D eigenvalue weighted by Crippen LogP contribution is -2.32. The molecule has 0 radical (unpaired) electrons. The number of hydrogen-bond acceptors (Lipinski definition) is 4. The zero-order valence-electron chi connectivity index (χ0n) is 16.3. The molecule has 0 aromatic heterocycles. The third-order valence-electron chi connectivity index (χ3n) is 4.55. The molecule has 6 heteroatoms. The molecule has 0 aliphatic rings. The van der Waals surface area contributed by atoms with Crippen molar-refractivity contribution in [2.75, 3.05) is 5.88 Å². The van der Waals surface area contributed by atoms with E-state index in [2.05, 4.69) is 6.92 Å². The molecule has 0 aromatic carbocycles. The van der Waals surface area contributed by atoms with Gasteiger partial charge in [0.15, 0.2) is 0 Å². The van der Waals surface area contributed by atoms with Gasteiger partial charge in [-0.2, -0.15) is 0 Å². The Kier molecular flexibility index (Phi) is 17.0. The molecule has 0 saturated carbocycles. The number of aliphatic hydroxyl groups is 1. The van der Waals surface area contributed by atoms with Gasteiger partial charge in [-0.15, -0.1) is 11.6 Å². The summed E-state index contributed by atoms with van der Waals surface area (Å²) in [6.07, 6.45) is 11.6. The van der Waals surface area contributed by atoms with Crippen LogP contribution in [0.15, 0.2) is 0 Å². The monoisotopic (exact) mass is 392 g/mol. The molecule has 0 bridgehead atoms. The van der Waals surface area contributed by atoms with Crippen LogP contribution in [-0.4, -0.2) is 40.2 Å². The highest BCUT2D eigenvalue weighted by atomic mass is 35.5. The van der Waals surface area contributed by atoms with Crippen LogP contribution < -0.4 is 0 Å². The number of rotatable bonds is 18. The molecule has 26 heavy (non-hydrogen) atoms. The van der Waals surface area contributed by atoms with Gasteiger partial charge in [0.1, 0.15) is 12.0 Å². The van der Waals surface area contributed by atoms with Crippen LogP contribution in [0, 0.1) is 0 Å². The van der Waals surface area contributed by atoms with Crippen molar-refractivity contribution >= 4 is 23.5 Å². The number of ether oxygens (including phenoxy) is 1. The molecule has 0 rings (SSSR count). The topological polar surface area (TPSA) is 83.8 Å². The summed E-state index contributed by atoms with van der Waals surface area (Å²) in [4.78, 5) is 21.9. The number of alkyl halides is 1. The summed E-state index contributed by atoms with van der Waals surface area (Å²) < 4.78 is 5.32. The van der Waals surface area contributed by atoms with Crippen molar-refractivity contribution in [1.29, 1.82) is 0 Å². The van der Waals surface area contributed by atoms with Crippen LogP contribution in [0.4, 0.5) is 0 Å². The van der Waals surface area contributed by atoms with Gasteiger partial charge >= 0.3 is 11.9 Å². The maximum absolute atomic E-state index is 11.5. The van der Waals surface area contributed by atoms with E-state index >= 15 is 0 Å². The lowest BCUT2D eigenvalue weighted by molar-refractivity contribution is -0.152. The predicted molar refractivity (Wildman–Crippen MR) is 105 cm³/mol. The Morgan fingerprint density at radius 3 is 2.00 bits per heavy atom. The molecule has 0 aliphatic carbocycles. The first-order chi connectivity index (χ1) is 12.5. The van der Waals surface area contributed by atoms with Crippen molar-refractivity contribution in [3.63, 3.8) is 0 Å². The summed E-state index contributed by atoms with van der Waals surface area (Å²) >= 11 is 5.52. The van der Waals surface area contributed by atoms with E-state index < -0.39 is 24.1 Å². The van der Waals surface area contributed by atoms with E-state index in [1.165, 1.54) is 25.7 Å². The van der Waals surface area contributed by atoms with Gasteiger partial charge < -0.3 is 14.9 Å². The highest BCUT2D eigenvalue weighted by Gasteiger charge is 2.22. The van der Waals surface area contributed by atoms with Crippen LogP contribution in [0.3, 0.4) is 0 Å². The van der Waals surface area contributed by atoms with Crippen molar-refractivity contribution in [3.8, 4) is 0 Å². The second-order valence-electron chi connectivity index (χ2n) is 6.99. The van der Waals surface area contributed by atoms with E-state index in [-0.39, 0.29) is 12.3 Å². The van der Waals surface area contributed by atoms with Crippen LogP contribution in [0.2, 0.25) is 0 Å². The largest absolute Gasteiger partial charge is 0.481 e. The first-order valence-corrected chi connectivity index (χ1v) is 10.7. The van der Waals surface area contributed by atoms with E-state index in [1.54, 1.807) is 0 Å². The number of esters is 1. The van der Waals surface area contributed by atoms with Crippen molar-refractivity contribution in [2.24, 2.45) is 0 Å². The van der Waals surface area contributed by atoms with Crippen molar-refractivity contribution in [3.05, 3.63) is 0 Å². The maximum atomic E-state index is 11.5. The second kappa shape index (κ2) is 17.6. The standard InChI is InChI=1S/C20H37ClO5/c1-2-3-4-5-8-11-14-18(26-20(25)16-21)17(22)13-10-7-6-9-12-15-19(23)24/h17-18,22H,2-16H2,1H3,(H,23,24). The SMILES string of the molecule is CCCCCCCCC(OC(=O)CCl)C(O)CCCCCCCC(=O)O. The van der Waals surface area contributed by atoms with Gasteiger partial charge in [-0.3, -0.25) is 9.59 Å². The Morgan fingerprint density at radius 2 is 1.42 bits per heavy atom. The number of hydrogen-bond donors (Lipinski definition) is 2. The summed E-state index contributed by atoms with van der Waals surface area (Å²) in [7, 11) is 0. The summed E-state index contributed by atoms with van der Waals surface area (Å²) in [5.74, 6) is -1.42. The van der Waals surface area contributed by atoms with Gasteiger partial charge in [0.2, 0.25) is 0 Å². The van der Waals surface area contributed by atoms with Crippen LogP contribution >= 0.6 is 11.6 Å². The van der Waals surface area contributed by atoms with Crippen LogP contribution in [0.25, 0.3) is 0 Å². The van der Waals surface area contributed by atoms with Gasteiger partial charge in [0.25, 0.3) is 0 Å². The van der Waals surface area contributed by atoms with Crippen LogP contribution in [0.5, 0.6) is 0 Å². The average Bonchev–Trinajstić information content (AvgIpc) is 2.62. The van der Waals surface area contributed by atoms with Gasteiger partial charge in [0, 0.05) is 6.42 Å². The minimum absolute atomic E-state index is 0.191. The number of unbranched alkanes of at least 4 members (excludes halogenated alkanes) is 9. The zero-order valence-corrected chi connectivity index (χ0v) is 17.0. The summed E-state index contributed by atoms with van der Waals surface area (Å²) in [5, 5.41) is 19.0. The molecule has 5 nitrogen and oxygen atoms in total. The first kappa shape index (κ1) is 25.2. The molecule has 0 heterocycles. The lowest BCUT2D eigenvalue weighted by Gasteiger charge is -2.23. The lowest BCUT2D eigenvalue weighted by atomic mass is 9.99. The van der Waals surface area contributed by atoms with Crippen LogP contribution in [0.1, 0.15) is 96.8 Å². The Labute approximate surface area is 163 Å². The quantitative estimate of drug-likeness (QED) is 0.193. The molecule has 2 atom stereocenters. The van der Waals surface area contributed by atoms with Gasteiger partial charge in [0.05, 0.1) is 6.10 Å². The predicted octanol–water partition coefficient (Wildman–Crippen LogP) is 5.06. The number of carboxylic acid groups (broad SMARTS) is 1. The van der Waals surface area contributed by atoms with E-state index in [4.69, 9.17) is 21.4 Å². The van der Waals surface area contributed by atoms with Crippen molar-refractivity contribution in [2.45, 2.75) is 109 Å². The average molecular weight is 393 g/mol. The van der Waals surface area contributed by atoms with Gasteiger partial charge in [-0.25, -0.2) is 0 Å². The number of carbonyl (C=O) groups is 2. The molecular weight excluding hydrogens is 356 g/mol. The second-order valence-corrected chi connectivity index (χ2v) is 7.25. The fraction of sp³-hybridized carbons (Fsp3) is 0.900. The molecule has 154 valence electrons. The molecule has 0 spiro atoms. The normalized spacial score (nSPS) is 13.3. The van der Waals surface area contributed by atoms with Gasteiger partial charge in [-0.05, 0) is 25.7 Å². The van der Waals surface area contributed by atoms with E-state index in [0.29, 0.717) is 19.3 Å². The third kappa shape index (κ3) is 15.4. The number of halogens is 1. The third-order valence-corrected chi connectivity index (χ3v) is 4.77. The van der Waals surface area contributed by atoms with Crippen molar-refractivity contribution in [1.82, 2.24) is 0 Å². The number of carbonyl (C=O) groups excluding carboxylic acids is 1. The molecule has 0 aliphatic heterocycles.